The first-order valence-electron chi connectivity index (χ1n) is 4.09. The molecule has 0 unspecified atom stereocenters. The highest BCUT2D eigenvalue weighted by atomic mass is 15.3. The fourth-order valence-corrected chi connectivity index (χ4v) is 1.25. The summed E-state index contributed by atoms with van der Waals surface area (Å²) in [5.74, 6) is 0.915. The summed E-state index contributed by atoms with van der Waals surface area (Å²) in [6.45, 7) is 6.34. The molecule has 3 nitrogen and oxygen atoms in total. The molecule has 11 heavy (non-hydrogen) atoms. The third-order valence-corrected chi connectivity index (χ3v) is 2.16. The van der Waals surface area contributed by atoms with Crippen LogP contribution in [0.5, 0.6) is 0 Å². The molecule has 0 amide bonds. The molecule has 1 heterocycles. The van der Waals surface area contributed by atoms with Crippen LogP contribution in [0.1, 0.15) is 6.92 Å². The summed E-state index contributed by atoms with van der Waals surface area (Å²) >= 11 is 0. The summed E-state index contributed by atoms with van der Waals surface area (Å²) in [5.41, 5.74) is 5.76. The van der Waals surface area contributed by atoms with Gasteiger partial charge in [-0.1, -0.05) is 0 Å². The standard InChI is InChI=1S/C8H17N3/c1-3-8(9)11-6-4-10(2)5-7-11/h3H,4-7,9H2,1-2H3/b8-3+. The molecule has 64 valence electrons. The molecule has 0 aliphatic carbocycles. The van der Waals surface area contributed by atoms with E-state index in [0.29, 0.717) is 0 Å². The zero-order valence-electron chi connectivity index (χ0n) is 7.38. The first kappa shape index (κ1) is 8.40. The van der Waals surface area contributed by atoms with Gasteiger partial charge in [0.2, 0.25) is 0 Å². The molecule has 3 heteroatoms. The number of rotatable bonds is 1. The summed E-state index contributed by atoms with van der Waals surface area (Å²) < 4.78 is 0. The van der Waals surface area contributed by atoms with Crippen LogP contribution >= 0.6 is 0 Å². The number of nitrogens with zero attached hydrogens (tertiary/aromatic N) is 2. The molecule has 0 aromatic rings. The predicted octanol–water partition coefficient (Wildman–Crippen LogP) is 0.0538. The second-order valence-corrected chi connectivity index (χ2v) is 3.00. The Bertz CT molecular complexity index is 145. The van der Waals surface area contributed by atoms with Crippen LogP contribution in [0, 0.1) is 0 Å². The summed E-state index contributed by atoms with van der Waals surface area (Å²) in [6, 6.07) is 0. The van der Waals surface area contributed by atoms with E-state index in [1.807, 2.05) is 13.0 Å². The van der Waals surface area contributed by atoms with Crippen molar-refractivity contribution in [2.75, 3.05) is 33.2 Å². The summed E-state index contributed by atoms with van der Waals surface area (Å²) in [4.78, 5) is 4.54. The molecule has 0 aromatic carbocycles. The van der Waals surface area contributed by atoms with Crippen LogP contribution in [0.15, 0.2) is 11.9 Å². The lowest BCUT2D eigenvalue weighted by molar-refractivity contribution is 0.184. The van der Waals surface area contributed by atoms with Crippen LogP contribution in [0.4, 0.5) is 0 Å². The van der Waals surface area contributed by atoms with Gasteiger partial charge in [-0.3, -0.25) is 0 Å². The Balaban J connectivity index is 2.39. The van der Waals surface area contributed by atoms with E-state index in [2.05, 4.69) is 16.8 Å². The van der Waals surface area contributed by atoms with E-state index in [0.717, 1.165) is 32.0 Å². The van der Waals surface area contributed by atoms with Gasteiger partial charge in [0.05, 0.1) is 5.82 Å². The van der Waals surface area contributed by atoms with Gasteiger partial charge in [-0.25, -0.2) is 0 Å². The molecule has 0 atom stereocenters. The summed E-state index contributed by atoms with van der Waals surface area (Å²) in [7, 11) is 2.14. The van der Waals surface area contributed by atoms with E-state index in [1.54, 1.807) is 0 Å². The van der Waals surface area contributed by atoms with Crippen molar-refractivity contribution in [2.45, 2.75) is 6.92 Å². The minimum absolute atomic E-state index is 0.915. The molecule has 0 aromatic heterocycles. The smallest absolute Gasteiger partial charge is 0.0943 e. The molecule has 1 saturated heterocycles. The van der Waals surface area contributed by atoms with E-state index in [4.69, 9.17) is 5.73 Å². The molecule has 2 N–H and O–H groups in total. The number of likely N-dealkylation sites (N-methyl/N-ethyl adjacent to an activating group) is 1. The van der Waals surface area contributed by atoms with Crippen LogP contribution in [-0.2, 0) is 0 Å². The highest BCUT2D eigenvalue weighted by Crippen LogP contribution is 2.02. The largest absolute Gasteiger partial charge is 0.386 e. The maximum atomic E-state index is 5.76. The maximum absolute atomic E-state index is 5.76. The second-order valence-electron chi connectivity index (χ2n) is 3.00. The molecule has 1 fully saturated rings. The third kappa shape index (κ3) is 2.12. The number of hydrogen-bond acceptors (Lipinski definition) is 3. The van der Waals surface area contributed by atoms with Gasteiger partial charge in [0.1, 0.15) is 0 Å². The first-order chi connectivity index (χ1) is 5.24. The lowest BCUT2D eigenvalue weighted by Crippen LogP contribution is -2.45. The van der Waals surface area contributed by atoms with Gasteiger partial charge in [-0.15, -0.1) is 0 Å². The molecule has 0 radical (unpaired) electrons. The zero-order chi connectivity index (χ0) is 8.27. The predicted molar refractivity (Wildman–Crippen MR) is 47.0 cm³/mol. The molecule has 1 aliphatic heterocycles. The summed E-state index contributed by atoms with van der Waals surface area (Å²) in [5, 5.41) is 0. The minimum atomic E-state index is 0.915. The van der Waals surface area contributed by atoms with Crippen LogP contribution in [0.2, 0.25) is 0 Å². The van der Waals surface area contributed by atoms with Crippen molar-refractivity contribution in [1.29, 1.82) is 0 Å². The van der Waals surface area contributed by atoms with E-state index >= 15 is 0 Å². The van der Waals surface area contributed by atoms with Crippen molar-refractivity contribution in [1.82, 2.24) is 9.80 Å². The number of nitrogens with two attached hydrogens (primary N) is 1. The Morgan fingerprint density at radius 2 is 1.82 bits per heavy atom. The van der Waals surface area contributed by atoms with Crippen LogP contribution in [-0.4, -0.2) is 43.0 Å². The van der Waals surface area contributed by atoms with Crippen molar-refractivity contribution >= 4 is 0 Å². The number of allylic oxidation sites excluding steroid dienone is 1. The van der Waals surface area contributed by atoms with Crippen LogP contribution in [0.25, 0.3) is 0 Å². The molecule has 0 bridgehead atoms. The van der Waals surface area contributed by atoms with E-state index < -0.39 is 0 Å². The lowest BCUT2D eigenvalue weighted by atomic mass is 10.3. The van der Waals surface area contributed by atoms with Gasteiger partial charge < -0.3 is 15.5 Å². The van der Waals surface area contributed by atoms with Gasteiger partial charge in [-0.05, 0) is 20.0 Å². The second kappa shape index (κ2) is 3.62. The van der Waals surface area contributed by atoms with Gasteiger partial charge in [0, 0.05) is 26.2 Å². The Labute approximate surface area is 68.5 Å². The van der Waals surface area contributed by atoms with Crippen molar-refractivity contribution in [3.8, 4) is 0 Å². The lowest BCUT2D eigenvalue weighted by Gasteiger charge is -2.33. The SMILES string of the molecule is C/C=C(\N)N1CCN(C)CC1. The fourth-order valence-electron chi connectivity index (χ4n) is 1.25. The van der Waals surface area contributed by atoms with Gasteiger partial charge in [0.15, 0.2) is 0 Å². The monoisotopic (exact) mass is 155 g/mol. The van der Waals surface area contributed by atoms with E-state index in [1.165, 1.54) is 0 Å². The normalized spacial score (nSPS) is 22.4. The molecule has 1 rings (SSSR count). The number of piperazine rings is 1. The summed E-state index contributed by atoms with van der Waals surface area (Å²) in [6.07, 6.45) is 1.96. The quantitative estimate of drug-likeness (QED) is 0.581. The maximum Gasteiger partial charge on any atom is 0.0943 e. The highest BCUT2D eigenvalue weighted by Gasteiger charge is 2.12. The molecular weight excluding hydrogens is 138 g/mol. The average Bonchev–Trinajstić information content (AvgIpc) is 2.05. The Hall–Kier alpha value is -0.700. The van der Waals surface area contributed by atoms with Crippen LogP contribution < -0.4 is 5.73 Å². The van der Waals surface area contributed by atoms with Crippen molar-refractivity contribution < 1.29 is 0 Å². The molecule has 0 saturated carbocycles. The first-order valence-corrected chi connectivity index (χ1v) is 4.09. The van der Waals surface area contributed by atoms with Crippen molar-refractivity contribution in [3.05, 3.63) is 11.9 Å². The molecular formula is C8H17N3. The fraction of sp³-hybridized carbons (Fsp3) is 0.750. The third-order valence-electron chi connectivity index (χ3n) is 2.16. The topological polar surface area (TPSA) is 32.5 Å². The average molecular weight is 155 g/mol. The van der Waals surface area contributed by atoms with E-state index in [-0.39, 0.29) is 0 Å². The van der Waals surface area contributed by atoms with E-state index in [9.17, 15) is 0 Å². The van der Waals surface area contributed by atoms with Crippen molar-refractivity contribution in [2.24, 2.45) is 5.73 Å². The molecule has 1 aliphatic rings. The minimum Gasteiger partial charge on any atom is -0.386 e. The Morgan fingerprint density at radius 1 is 1.27 bits per heavy atom. The Kier molecular flexibility index (Phi) is 2.76. The van der Waals surface area contributed by atoms with Crippen LogP contribution in [0.3, 0.4) is 0 Å². The number of hydrogen-bond donors (Lipinski definition) is 1. The Morgan fingerprint density at radius 3 is 2.27 bits per heavy atom. The van der Waals surface area contributed by atoms with Crippen molar-refractivity contribution in [3.63, 3.8) is 0 Å². The van der Waals surface area contributed by atoms with Gasteiger partial charge >= 0.3 is 0 Å². The van der Waals surface area contributed by atoms with Gasteiger partial charge in [0.25, 0.3) is 0 Å². The highest BCUT2D eigenvalue weighted by molar-refractivity contribution is 4.95. The van der Waals surface area contributed by atoms with Gasteiger partial charge in [-0.2, -0.15) is 0 Å². The zero-order valence-corrected chi connectivity index (χ0v) is 7.38. The molecule has 0 spiro atoms.